The second kappa shape index (κ2) is 6.05. The average Bonchev–Trinajstić information content (AvgIpc) is 2.39. The Kier molecular flexibility index (Phi) is 4.62. The second-order valence-corrected chi connectivity index (χ2v) is 5.59. The van der Waals surface area contributed by atoms with Crippen LogP contribution < -0.4 is 0 Å². The monoisotopic (exact) mass is 389 g/mol. The fraction of sp³-hybridized carbons (Fsp3) is 0.286. The Bertz CT molecular complexity index is 643. The Morgan fingerprint density at radius 3 is 2.84 bits per heavy atom. The summed E-state index contributed by atoms with van der Waals surface area (Å²) < 4.78 is 6.19. The largest absolute Gasteiger partial charge is 0.462 e. The van der Waals surface area contributed by atoms with Crippen molar-refractivity contribution in [3.63, 3.8) is 0 Å². The number of nitrogens with zero attached hydrogens (tertiary/aromatic N) is 1. The first-order valence-electron chi connectivity index (χ1n) is 5.90. The van der Waals surface area contributed by atoms with E-state index in [0.717, 1.165) is 20.0 Å². The highest BCUT2D eigenvalue weighted by Crippen LogP contribution is 2.26. The molecule has 2 aromatic rings. The van der Waals surface area contributed by atoms with Crippen LogP contribution in [0.15, 0.2) is 18.2 Å². The molecule has 0 saturated heterocycles. The van der Waals surface area contributed by atoms with E-state index >= 15 is 0 Å². The topological polar surface area (TPSA) is 39.2 Å². The van der Waals surface area contributed by atoms with Crippen LogP contribution in [0.1, 0.15) is 28.5 Å². The summed E-state index contributed by atoms with van der Waals surface area (Å²) in [4.78, 5) is 16.5. The van der Waals surface area contributed by atoms with E-state index in [1.54, 1.807) is 6.92 Å². The van der Waals surface area contributed by atoms with E-state index in [9.17, 15) is 4.79 Å². The average molecular weight is 390 g/mol. The summed E-state index contributed by atoms with van der Waals surface area (Å²) in [6.07, 6.45) is 0. The molecule has 0 N–H and O–H groups in total. The first-order valence-corrected chi connectivity index (χ1v) is 7.51. The van der Waals surface area contributed by atoms with E-state index < -0.39 is 0 Å². The van der Waals surface area contributed by atoms with Crippen LogP contribution in [0.4, 0.5) is 0 Å². The summed E-state index contributed by atoms with van der Waals surface area (Å²) in [5, 5.41) is 0.962. The molecule has 0 saturated carbocycles. The van der Waals surface area contributed by atoms with Gasteiger partial charge < -0.3 is 4.74 Å². The lowest BCUT2D eigenvalue weighted by Crippen LogP contribution is -2.12. The number of hydrogen-bond donors (Lipinski definition) is 0. The van der Waals surface area contributed by atoms with Gasteiger partial charge in [0, 0.05) is 8.96 Å². The standard InChI is InChI=1S/C14H13ClINO2/c1-3-19-14(18)13-8(2)10-6-9(16)4-5-11(10)17-12(13)7-15/h4-6H,3,7H2,1-2H3. The van der Waals surface area contributed by atoms with Crippen LogP contribution in [-0.2, 0) is 10.6 Å². The van der Waals surface area contributed by atoms with E-state index in [1.807, 2.05) is 25.1 Å². The van der Waals surface area contributed by atoms with E-state index in [1.165, 1.54) is 0 Å². The van der Waals surface area contributed by atoms with Gasteiger partial charge >= 0.3 is 5.97 Å². The lowest BCUT2D eigenvalue weighted by atomic mass is 10.0. The summed E-state index contributed by atoms with van der Waals surface area (Å²) >= 11 is 8.15. The van der Waals surface area contributed by atoms with Gasteiger partial charge in [-0.25, -0.2) is 4.79 Å². The molecule has 19 heavy (non-hydrogen) atoms. The molecule has 0 amide bonds. The van der Waals surface area contributed by atoms with Gasteiger partial charge in [0.25, 0.3) is 0 Å². The van der Waals surface area contributed by atoms with Crippen molar-refractivity contribution in [2.75, 3.05) is 6.61 Å². The number of fused-ring (bicyclic) bond motifs is 1. The SMILES string of the molecule is CCOC(=O)c1c(CCl)nc2ccc(I)cc2c1C. The van der Waals surface area contributed by atoms with Crippen LogP contribution in [0.25, 0.3) is 10.9 Å². The molecule has 0 radical (unpaired) electrons. The van der Waals surface area contributed by atoms with Crippen molar-refractivity contribution >= 4 is 51.1 Å². The highest BCUT2D eigenvalue weighted by Gasteiger charge is 2.19. The molecular weight excluding hydrogens is 377 g/mol. The third-order valence-electron chi connectivity index (χ3n) is 2.89. The molecule has 100 valence electrons. The van der Waals surface area contributed by atoms with Gasteiger partial charge in [0.05, 0.1) is 29.3 Å². The van der Waals surface area contributed by atoms with Gasteiger partial charge in [-0.1, -0.05) is 0 Å². The highest BCUT2D eigenvalue weighted by molar-refractivity contribution is 14.1. The van der Waals surface area contributed by atoms with Gasteiger partial charge in [-0.05, 0) is 60.2 Å². The number of carbonyl (C=O) groups is 1. The summed E-state index contributed by atoms with van der Waals surface area (Å²) in [5.74, 6) is -0.166. The zero-order chi connectivity index (χ0) is 14.0. The quantitative estimate of drug-likeness (QED) is 0.451. The third kappa shape index (κ3) is 2.84. The minimum absolute atomic E-state index is 0.191. The van der Waals surface area contributed by atoms with Gasteiger partial charge in [-0.15, -0.1) is 11.6 Å². The Morgan fingerprint density at radius 1 is 1.47 bits per heavy atom. The Hall–Kier alpha value is -0.880. The number of alkyl halides is 1. The normalized spacial score (nSPS) is 10.7. The highest BCUT2D eigenvalue weighted by atomic mass is 127. The fourth-order valence-corrected chi connectivity index (χ4v) is 2.71. The molecule has 1 aromatic carbocycles. The minimum Gasteiger partial charge on any atom is -0.462 e. The number of halogens is 2. The molecule has 0 aliphatic heterocycles. The van der Waals surface area contributed by atoms with Crippen LogP contribution in [0.3, 0.4) is 0 Å². The van der Waals surface area contributed by atoms with Crippen LogP contribution in [0.5, 0.6) is 0 Å². The first-order chi connectivity index (χ1) is 9.08. The molecule has 0 aliphatic rings. The lowest BCUT2D eigenvalue weighted by Gasteiger charge is -2.12. The third-order valence-corrected chi connectivity index (χ3v) is 3.81. The van der Waals surface area contributed by atoms with Crippen molar-refractivity contribution in [2.45, 2.75) is 19.7 Å². The molecule has 1 heterocycles. The first kappa shape index (κ1) is 14.5. The maximum Gasteiger partial charge on any atom is 0.340 e. The Balaban J connectivity index is 2.73. The van der Waals surface area contributed by atoms with Gasteiger partial charge in [-0.2, -0.15) is 0 Å². The Labute approximate surface area is 130 Å². The van der Waals surface area contributed by atoms with Crippen LogP contribution in [-0.4, -0.2) is 17.6 Å². The Morgan fingerprint density at radius 2 is 2.21 bits per heavy atom. The summed E-state index contributed by atoms with van der Waals surface area (Å²) in [7, 11) is 0. The number of hydrogen-bond acceptors (Lipinski definition) is 3. The van der Waals surface area contributed by atoms with Crippen LogP contribution >= 0.6 is 34.2 Å². The summed E-state index contributed by atoms with van der Waals surface area (Å²) in [6, 6.07) is 5.94. The van der Waals surface area contributed by atoms with Crippen molar-refractivity contribution in [2.24, 2.45) is 0 Å². The van der Waals surface area contributed by atoms with E-state index in [4.69, 9.17) is 16.3 Å². The van der Waals surface area contributed by atoms with E-state index in [2.05, 4.69) is 27.6 Å². The molecule has 3 nitrogen and oxygen atoms in total. The van der Waals surface area contributed by atoms with Gasteiger partial charge in [0.1, 0.15) is 0 Å². The minimum atomic E-state index is -0.357. The van der Waals surface area contributed by atoms with Crippen LogP contribution in [0.2, 0.25) is 0 Å². The molecule has 2 rings (SSSR count). The van der Waals surface area contributed by atoms with Crippen molar-refractivity contribution in [3.8, 4) is 0 Å². The number of pyridine rings is 1. The molecule has 0 spiro atoms. The molecule has 0 bridgehead atoms. The molecule has 0 atom stereocenters. The van der Waals surface area contributed by atoms with Crippen LogP contribution in [0, 0.1) is 10.5 Å². The van der Waals surface area contributed by atoms with E-state index in [0.29, 0.717) is 17.9 Å². The van der Waals surface area contributed by atoms with Gasteiger partial charge in [0.2, 0.25) is 0 Å². The van der Waals surface area contributed by atoms with Crippen molar-refractivity contribution in [1.82, 2.24) is 4.98 Å². The number of aryl methyl sites for hydroxylation is 1. The molecule has 1 aromatic heterocycles. The molecule has 5 heteroatoms. The molecule has 0 unspecified atom stereocenters. The molecule has 0 fully saturated rings. The van der Waals surface area contributed by atoms with Crippen molar-refractivity contribution in [1.29, 1.82) is 0 Å². The maximum absolute atomic E-state index is 12.1. The van der Waals surface area contributed by atoms with Crippen molar-refractivity contribution < 1.29 is 9.53 Å². The number of carbonyl (C=O) groups excluding carboxylic acids is 1. The predicted octanol–water partition coefficient (Wildman–Crippen LogP) is 4.06. The lowest BCUT2D eigenvalue weighted by molar-refractivity contribution is 0.0524. The zero-order valence-electron chi connectivity index (χ0n) is 10.7. The summed E-state index contributed by atoms with van der Waals surface area (Å²) in [6.45, 7) is 4.03. The zero-order valence-corrected chi connectivity index (χ0v) is 13.6. The van der Waals surface area contributed by atoms with Gasteiger partial charge in [-0.3, -0.25) is 4.98 Å². The second-order valence-electron chi connectivity index (χ2n) is 4.07. The molecule has 0 aliphatic carbocycles. The van der Waals surface area contributed by atoms with E-state index in [-0.39, 0.29) is 11.8 Å². The smallest absolute Gasteiger partial charge is 0.340 e. The predicted molar refractivity (Wildman–Crippen MR) is 84.7 cm³/mol. The number of esters is 1. The maximum atomic E-state index is 12.1. The summed E-state index contributed by atoms with van der Waals surface area (Å²) in [5.41, 5.74) is 2.79. The number of aromatic nitrogens is 1. The fourth-order valence-electron chi connectivity index (χ4n) is 2.03. The number of ether oxygens (including phenoxy) is 1. The van der Waals surface area contributed by atoms with Crippen molar-refractivity contribution in [3.05, 3.63) is 38.6 Å². The molecular formula is C14H13ClINO2. The van der Waals surface area contributed by atoms with Gasteiger partial charge in [0.15, 0.2) is 0 Å². The number of benzene rings is 1. The number of rotatable bonds is 3.